The van der Waals surface area contributed by atoms with Crippen molar-refractivity contribution in [3.8, 4) is 0 Å². The summed E-state index contributed by atoms with van der Waals surface area (Å²) in [4.78, 5) is 0. The van der Waals surface area contributed by atoms with Gasteiger partial charge in [0, 0.05) is 0 Å². The molecular weight excluding hydrogens is 554 g/mol. The largest absolute Gasteiger partial charge is 0.384 e. The van der Waals surface area contributed by atoms with Crippen molar-refractivity contribution in [3.63, 3.8) is 0 Å². The van der Waals surface area contributed by atoms with Crippen LogP contribution in [-0.2, 0) is 0 Å². The molecule has 0 aromatic rings. The summed E-state index contributed by atoms with van der Waals surface area (Å²) in [5.74, 6) is -52.4. The molecule has 0 saturated heterocycles. The Morgan fingerprint density at radius 2 is 0.839 bits per heavy atom. The normalized spacial score (nSPS) is 18.9. The van der Waals surface area contributed by atoms with Crippen LogP contribution in [0, 0.1) is 0 Å². The quantitative estimate of drug-likeness (QED) is 0.151. The van der Waals surface area contributed by atoms with E-state index in [-0.39, 0.29) is 6.55 Å². The molecule has 0 aromatic heterocycles. The predicted octanol–water partition coefficient (Wildman–Crippen LogP) is 7.17. The highest BCUT2D eigenvalue weighted by atomic mass is 35.7. The monoisotopic (exact) mass is 560 g/mol. The zero-order chi connectivity index (χ0) is 25.8. The molecule has 0 fully saturated rings. The van der Waals surface area contributed by atoms with Crippen LogP contribution < -0.4 is 0 Å². The van der Waals surface area contributed by atoms with Gasteiger partial charge in [0.25, 0.3) is 13.1 Å². The van der Waals surface area contributed by atoms with E-state index in [1.165, 1.54) is 0 Å². The predicted molar refractivity (Wildman–Crippen MR) is 73.7 cm³/mol. The fourth-order valence-electron chi connectivity index (χ4n) is 1.79. The molecule has 0 rings (SSSR count). The Balaban J connectivity index is 6.62. The van der Waals surface area contributed by atoms with Crippen molar-refractivity contribution in [2.45, 2.75) is 66.6 Å². The molecule has 0 aromatic carbocycles. The first-order chi connectivity index (χ1) is 13.2. The summed E-state index contributed by atoms with van der Waals surface area (Å²) in [5, 5.41) is 0. The van der Waals surface area contributed by atoms with Crippen molar-refractivity contribution in [2.75, 3.05) is 0 Å². The van der Waals surface area contributed by atoms with Gasteiger partial charge in [0.2, 0.25) is 6.17 Å². The van der Waals surface area contributed by atoms with Crippen molar-refractivity contribution < 1.29 is 74.6 Å². The molecule has 0 N–H and O–H groups in total. The van der Waals surface area contributed by atoms with E-state index in [0.717, 1.165) is 0 Å². The van der Waals surface area contributed by atoms with Crippen LogP contribution in [0.3, 0.4) is 0 Å². The zero-order valence-corrected chi connectivity index (χ0v) is 16.5. The molecule has 0 amide bonds. The van der Waals surface area contributed by atoms with E-state index in [1.807, 2.05) is 0 Å². The Hall–Kier alpha value is -0.393. The maximum Gasteiger partial charge on any atom is 0.384 e. The first-order valence-corrected chi connectivity index (χ1v) is 11.6. The van der Waals surface area contributed by atoms with Crippen LogP contribution in [0.1, 0.15) is 0 Å². The van der Waals surface area contributed by atoms with Gasteiger partial charge < -0.3 is 0 Å². The lowest BCUT2D eigenvalue weighted by Gasteiger charge is -2.43. The molecule has 188 valence electrons. The molecule has 3 atom stereocenters. The van der Waals surface area contributed by atoms with E-state index in [9.17, 15) is 74.6 Å². The summed E-state index contributed by atoms with van der Waals surface area (Å²) in [6, 6.07) is 0. The highest BCUT2D eigenvalue weighted by Gasteiger charge is 2.92. The van der Waals surface area contributed by atoms with Gasteiger partial charge in [-0.05, 0) is 6.55 Å². The highest BCUT2D eigenvalue weighted by Crippen LogP contribution is 2.62. The zero-order valence-electron chi connectivity index (χ0n) is 14.0. The lowest BCUT2D eigenvalue weighted by molar-refractivity contribution is -0.432. The van der Waals surface area contributed by atoms with Gasteiger partial charge in [-0.2, -0.15) is 52.7 Å². The Kier molecular flexibility index (Phi) is 8.32. The van der Waals surface area contributed by atoms with Crippen molar-refractivity contribution in [3.05, 3.63) is 0 Å². The third-order valence-corrected chi connectivity index (χ3v) is 6.05. The second-order valence-corrected chi connectivity index (χ2v) is 13.8. The van der Waals surface area contributed by atoms with E-state index in [1.54, 1.807) is 0 Å². The van der Waals surface area contributed by atoms with Crippen molar-refractivity contribution in [1.29, 1.82) is 0 Å². The average Bonchev–Trinajstić information content (AvgIpc) is 2.57. The molecule has 0 aliphatic carbocycles. The highest BCUT2D eigenvalue weighted by molar-refractivity contribution is 7.45. The lowest BCUT2D eigenvalue weighted by atomic mass is 9.89. The van der Waals surface area contributed by atoms with Crippen LogP contribution in [-0.4, -0.2) is 66.8 Å². The molecule has 0 nitrogen and oxygen atoms in total. The SMILES string of the molecule is C[Si](Cl)(Cl)C(F)C(F)(F)C(F)(F)C(F)(F)C(F)(F)C(F)(F)C(F)(F)C(F)C(F)C(F)F. The molecule has 0 saturated carbocycles. The number of halogens is 19. The molecule has 0 heterocycles. The average molecular weight is 561 g/mol. The number of alkyl halides is 17. The third kappa shape index (κ3) is 4.53. The van der Waals surface area contributed by atoms with Gasteiger partial charge >= 0.3 is 35.5 Å². The van der Waals surface area contributed by atoms with Crippen LogP contribution in [0.25, 0.3) is 0 Å². The fourth-order valence-corrected chi connectivity index (χ4v) is 3.43. The molecule has 20 heteroatoms. The topological polar surface area (TPSA) is 0 Å². The minimum absolute atomic E-state index is 0.0310. The maximum absolute atomic E-state index is 13.5. The van der Waals surface area contributed by atoms with Gasteiger partial charge in [0.1, 0.15) is 0 Å². The first kappa shape index (κ1) is 30.6. The van der Waals surface area contributed by atoms with Gasteiger partial charge in [-0.25, -0.2) is 22.0 Å². The smallest absolute Gasteiger partial charge is 0.241 e. The second kappa shape index (κ2) is 8.43. The van der Waals surface area contributed by atoms with E-state index in [0.29, 0.717) is 0 Å². The van der Waals surface area contributed by atoms with Crippen LogP contribution in [0.15, 0.2) is 0 Å². The minimum Gasteiger partial charge on any atom is -0.241 e. The van der Waals surface area contributed by atoms with E-state index in [2.05, 4.69) is 0 Å². The summed E-state index contributed by atoms with van der Waals surface area (Å²) in [7, 11) is 0. The minimum atomic E-state index is -8.40. The second-order valence-electron chi connectivity index (χ2n) is 6.04. The molecule has 0 aliphatic heterocycles. The lowest BCUT2D eigenvalue weighted by Crippen LogP contribution is -2.74. The van der Waals surface area contributed by atoms with E-state index in [4.69, 9.17) is 22.2 Å². The molecule has 0 radical (unpaired) electrons. The van der Waals surface area contributed by atoms with Crippen molar-refractivity contribution in [2.24, 2.45) is 0 Å². The Labute approximate surface area is 171 Å². The van der Waals surface area contributed by atoms with Gasteiger partial charge in [0.05, 0.1) is 0 Å². The van der Waals surface area contributed by atoms with Crippen LogP contribution in [0.2, 0.25) is 6.55 Å². The maximum atomic E-state index is 13.5. The van der Waals surface area contributed by atoms with E-state index < -0.39 is 66.8 Å². The molecule has 0 aliphatic rings. The number of hydrogen-bond acceptors (Lipinski definition) is 0. The van der Waals surface area contributed by atoms with Gasteiger partial charge in [-0.1, -0.05) is 0 Å². The standard InChI is InChI=1S/C11H7Cl2F17Si/c1-31(12,13)5(18)7(21,22)9(25,26)11(29,30)10(27,28)8(23,24)6(19,20)3(15)2(14)4(16)17/h2-5H,1H3. The summed E-state index contributed by atoms with van der Waals surface area (Å²) in [6.45, 7) is -5.30. The van der Waals surface area contributed by atoms with Gasteiger partial charge in [-0.15, -0.1) is 22.2 Å². The summed E-state index contributed by atoms with van der Waals surface area (Å²) >= 11 is 9.52. The number of hydrogen-bond donors (Lipinski definition) is 0. The van der Waals surface area contributed by atoms with E-state index >= 15 is 0 Å². The first-order valence-electron chi connectivity index (χ1n) is 7.02. The van der Waals surface area contributed by atoms with Crippen molar-refractivity contribution in [1.82, 2.24) is 0 Å². The van der Waals surface area contributed by atoms with Gasteiger partial charge in [0.15, 0.2) is 12.0 Å². The van der Waals surface area contributed by atoms with Crippen LogP contribution in [0.5, 0.6) is 0 Å². The fraction of sp³-hybridized carbons (Fsp3) is 1.00. The Bertz CT molecular complexity index is 630. The summed E-state index contributed by atoms with van der Waals surface area (Å²) in [6.07, 6.45) is -15.6. The molecule has 31 heavy (non-hydrogen) atoms. The number of rotatable bonds is 10. The van der Waals surface area contributed by atoms with Crippen LogP contribution in [0.4, 0.5) is 74.6 Å². The Morgan fingerprint density at radius 1 is 0.548 bits per heavy atom. The third-order valence-electron chi connectivity index (χ3n) is 3.65. The molecular formula is C11H7Cl2F17Si. The van der Waals surface area contributed by atoms with Crippen molar-refractivity contribution >= 4 is 28.9 Å². The molecule has 0 spiro atoms. The summed E-state index contributed by atoms with van der Waals surface area (Å²) in [5.41, 5.74) is 0. The Morgan fingerprint density at radius 3 is 1.10 bits per heavy atom. The van der Waals surface area contributed by atoms with Gasteiger partial charge in [-0.3, -0.25) is 0 Å². The molecule has 3 unspecified atom stereocenters. The summed E-state index contributed by atoms with van der Waals surface area (Å²) < 4.78 is 224. The molecule has 0 bridgehead atoms. The van der Waals surface area contributed by atoms with Crippen LogP contribution >= 0.6 is 22.2 Å².